The molecule has 0 aromatic rings. The second-order valence-corrected chi connectivity index (χ2v) is 3.48. The minimum absolute atomic E-state index is 0.499. The molecule has 0 aromatic heterocycles. The van der Waals surface area contributed by atoms with Crippen molar-refractivity contribution in [3.63, 3.8) is 0 Å². The van der Waals surface area contributed by atoms with E-state index in [1.165, 1.54) is 5.70 Å². The van der Waals surface area contributed by atoms with Crippen LogP contribution < -0.4 is 11.0 Å². The molecule has 3 nitrogen and oxygen atoms in total. The largest absolute Gasteiger partial charge is 0.306 e. The van der Waals surface area contributed by atoms with Gasteiger partial charge in [-0.25, -0.2) is 0 Å². The smallest absolute Gasteiger partial charge is 0.0479 e. The van der Waals surface area contributed by atoms with Crippen molar-refractivity contribution in [1.82, 2.24) is 16.0 Å². The topological polar surface area (TPSA) is 27.3 Å². The van der Waals surface area contributed by atoms with Gasteiger partial charge in [-0.2, -0.15) is 0 Å². The maximum absolute atomic E-state index is 3.12. The van der Waals surface area contributed by atoms with Crippen LogP contribution in [0.1, 0.15) is 27.7 Å². The van der Waals surface area contributed by atoms with Gasteiger partial charge in [0.2, 0.25) is 0 Å². The van der Waals surface area contributed by atoms with Crippen molar-refractivity contribution in [3.8, 4) is 0 Å². The summed E-state index contributed by atoms with van der Waals surface area (Å²) in [6, 6.07) is 0.499. The SMILES string of the molecule is CC(C)C1=CN(C(C)C)NN1. The standard InChI is InChI=1S/C8H17N3/c1-6(2)8-5-11(7(3)4)10-9-8/h5-7,9-10H,1-4H3. The van der Waals surface area contributed by atoms with Crippen LogP contribution in [0.5, 0.6) is 0 Å². The quantitative estimate of drug-likeness (QED) is 0.628. The monoisotopic (exact) mass is 155 g/mol. The highest BCUT2D eigenvalue weighted by Crippen LogP contribution is 2.11. The summed E-state index contributed by atoms with van der Waals surface area (Å²) in [5.41, 5.74) is 7.45. The highest BCUT2D eigenvalue weighted by Gasteiger charge is 2.14. The van der Waals surface area contributed by atoms with Crippen molar-refractivity contribution in [2.75, 3.05) is 0 Å². The highest BCUT2D eigenvalue weighted by molar-refractivity contribution is 5.04. The van der Waals surface area contributed by atoms with E-state index in [4.69, 9.17) is 0 Å². The Morgan fingerprint density at radius 3 is 2.18 bits per heavy atom. The maximum atomic E-state index is 3.12. The molecule has 2 N–H and O–H groups in total. The van der Waals surface area contributed by atoms with Gasteiger partial charge in [0, 0.05) is 17.9 Å². The average molecular weight is 155 g/mol. The number of hydrogen-bond acceptors (Lipinski definition) is 3. The molecule has 0 saturated heterocycles. The van der Waals surface area contributed by atoms with Crippen LogP contribution in [0.25, 0.3) is 0 Å². The van der Waals surface area contributed by atoms with E-state index < -0.39 is 0 Å². The first-order chi connectivity index (χ1) is 5.11. The summed E-state index contributed by atoms with van der Waals surface area (Å²) in [4.78, 5) is 0. The van der Waals surface area contributed by atoms with Crippen molar-refractivity contribution in [2.24, 2.45) is 5.92 Å². The molecule has 0 bridgehead atoms. The van der Waals surface area contributed by atoms with E-state index in [1.807, 2.05) is 0 Å². The zero-order valence-electron chi connectivity index (χ0n) is 7.68. The van der Waals surface area contributed by atoms with Gasteiger partial charge in [0.05, 0.1) is 0 Å². The first-order valence-corrected chi connectivity index (χ1v) is 4.13. The Hall–Kier alpha value is -0.700. The second kappa shape index (κ2) is 3.13. The van der Waals surface area contributed by atoms with Crippen molar-refractivity contribution in [1.29, 1.82) is 0 Å². The third-order valence-electron chi connectivity index (χ3n) is 1.79. The van der Waals surface area contributed by atoms with Crippen molar-refractivity contribution in [3.05, 3.63) is 11.9 Å². The van der Waals surface area contributed by atoms with Gasteiger partial charge in [-0.15, -0.1) is 5.53 Å². The number of hydrogen-bond donors (Lipinski definition) is 2. The van der Waals surface area contributed by atoms with E-state index >= 15 is 0 Å². The van der Waals surface area contributed by atoms with E-state index in [0.717, 1.165) is 0 Å². The molecule has 1 heterocycles. The van der Waals surface area contributed by atoms with Crippen LogP contribution in [-0.4, -0.2) is 11.1 Å². The Morgan fingerprint density at radius 2 is 1.91 bits per heavy atom. The molecule has 11 heavy (non-hydrogen) atoms. The van der Waals surface area contributed by atoms with Crippen LogP contribution in [0.3, 0.4) is 0 Å². The third-order valence-corrected chi connectivity index (χ3v) is 1.79. The lowest BCUT2D eigenvalue weighted by atomic mass is 10.1. The Bertz CT molecular complexity index is 161. The first kappa shape index (κ1) is 8.40. The Kier molecular flexibility index (Phi) is 2.39. The van der Waals surface area contributed by atoms with Crippen molar-refractivity contribution in [2.45, 2.75) is 33.7 Å². The second-order valence-electron chi connectivity index (χ2n) is 3.48. The first-order valence-electron chi connectivity index (χ1n) is 4.13. The summed E-state index contributed by atoms with van der Waals surface area (Å²) < 4.78 is 0. The molecule has 1 rings (SSSR count). The number of rotatable bonds is 2. The fraction of sp³-hybridized carbons (Fsp3) is 0.750. The molecule has 0 atom stereocenters. The molecular formula is C8H17N3. The lowest BCUT2D eigenvalue weighted by Gasteiger charge is -2.18. The van der Waals surface area contributed by atoms with E-state index in [1.54, 1.807) is 0 Å². The molecule has 1 aliphatic heterocycles. The van der Waals surface area contributed by atoms with Crippen LogP contribution in [0.2, 0.25) is 0 Å². The number of nitrogens with one attached hydrogen (secondary N) is 2. The minimum atomic E-state index is 0.499. The summed E-state index contributed by atoms with van der Waals surface area (Å²) >= 11 is 0. The summed E-state index contributed by atoms with van der Waals surface area (Å²) in [5, 5.41) is 2.06. The molecule has 0 aromatic carbocycles. The summed E-state index contributed by atoms with van der Waals surface area (Å²) in [7, 11) is 0. The Balaban J connectivity index is 2.54. The zero-order chi connectivity index (χ0) is 8.43. The van der Waals surface area contributed by atoms with E-state index in [9.17, 15) is 0 Å². The molecule has 0 spiro atoms. The van der Waals surface area contributed by atoms with Gasteiger partial charge in [0.1, 0.15) is 0 Å². The molecular weight excluding hydrogens is 138 g/mol. The van der Waals surface area contributed by atoms with E-state index in [-0.39, 0.29) is 0 Å². The maximum Gasteiger partial charge on any atom is 0.0479 e. The van der Waals surface area contributed by atoms with E-state index in [2.05, 4.69) is 49.9 Å². The molecule has 3 heteroatoms. The molecule has 0 fully saturated rings. The van der Waals surface area contributed by atoms with Crippen molar-refractivity contribution < 1.29 is 0 Å². The predicted molar refractivity (Wildman–Crippen MR) is 46.2 cm³/mol. The van der Waals surface area contributed by atoms with Crippen LogP contribution in [0.4, 0.5) is 0 Å². The number of nitrogens with zero attached hydrogens (tertiary/aromatic N) is 1. The fourth-order valence-electron chi connectivity index (χ4n) is 0.915. The zero-order valence-corrected chi connectivity index (χ0v) is 7.68. The van der Waals surface area contributed by atoms with Gasteiger partial charge in [0.25, 0.3) is 0 Å². The van der Waals surface area contributed by atoms with Crippen LogP contribution >= 0.6 is 0 Å². The Morgan fingerprint density at radius 1 is 1.27 bits per heavy atom. The number of allylic oxidation sites excluding steroid dienone is 1. The highest BCUT2D eigenvalue weighted by atomic mass is 15.7. The third kappa shape index (κ3) is 1.87. The van der Waals surface area contributed by atoms with Gasteiger partial charge >= 0.3 is 0 Å². The number of hydrazine groups is 2. The van der Waals surface area contributed by atoms with E-state index in [0.29, 0.717) is 12.0 Å². The molecule has 0 radical (unpaired) electrons. The lowest BCUT2D eigenvalue weighted by Crippen LogP contribution is -2.40. The van der Waals surface area contributed by atoms with Crippen molar-refractivity contribution >= 4 is 0 Å². The van der Waals surface area contributed by atoms with Gasteiger partial charge in [-0.3, -0.25) is 5.01 Å². The summed E-state index contributed by atoms with van der Waals surface area (Å²) in [5.74, 6) is 0.561. The normalized spacial score (nSPS) is 17.6. The molecule has 0 aliphatic carbocycles. The van der Waals surface area contributed by atoms with Gasteiger partial charge < -0.3 is 5.43 Å². The predicted octanol–water partition coefficient (Wildman–Crippen LogP) is 1.22. The van der Waals surface area contributed by atoms with Gasteiger partial charge in [-0.05, 0) is 19.8 Å². The lowest BCUT2D eigenvalue weighted by molar-refractivity contribution is 0.220. The molecule has 0 saturated carbocycles. The summed E-state index contributed by atoms with van der Waals surface area (Å²) in [6.07, 6.45) is 2.12. The molecule has 64 valence electrons. The average Bonchev–Trinajstić information content (AvgIpc) is 2.33. The molecule has 1 aliphatic rings. The van der Waals surface area contributed by atoms with Gasteiger partial charge in [-0.1, -0.05) is 13.8 Å². The minimum Gasteiger partial charge on any atom is -0.306 e. The van der Waals surface area contributed by atoms with Crippen LogP contribution in [0, 0.1) is 5.92 Å². The summed E-state index contributed by atoms with van der Waals surface area (Å²) in [6.45, 7) is 8.64. The molecule has 0 amide bonds. The van der Waals surface area contributed by atoms with Crippen LogP contribution in [-0.2, 0) is 0 Å². The Labute approximate surface area is 68.4 Å². The van der Waals surface area contributed by atoms with Gasteiger partial charge in [0.15, 0.2) is 0 Å². The molecule has 0 unspecified atom stereocenters. The van der Waals surface area contributed by atoms with Crippen LogP contribution in [0.15, 0.2) is 11.9 Å². The fourth-order valence-corrected chi connectivity index (χ4v) is 0.915.